The summed E-state index contributed by atoms with van der Waals surface area (Å²) in [5, 5.41) is 0. The van der Waals surface area contributed by atoms with Gasteiger partial charge in [-0.3, -0.25) is 14.6 Å². The van der Waals surface area contributed by atoms with Crippen molar-refractivity contribution < 1.29 is 9.53 Å². The van der Waals surface area contributed by atoms with Gasteiger partial charge in [-0.2, -0.15) is 0 Å². The fourth-order valence-electron chi connectivity index (χ4n) is 2.67. The first-order chi connectivity index (χ1) is 9.75. The van der Waals surface area contributed by atoms with Crippen molar-refractivity contribution >= 4 is 17.3 Å². The van der Waals surface area contributed by atoms with Gasteiger partial charge in [-0.1, -0.05) is 6.08 Å². The van der Waals surface area contributed by atoms with Gasteiger partial charge in [-0.25, -0.2) is 0 Å². The average molecular weight is 273 g/mol. The van der Waals surface area contributed by atoms with Crippen molar-refractivity contribution in [3.63, 3.8) is 0 Å². The molecule has 0 spiro atoms. The zero-order valence-electron chi connectivity index (χ0n) is 11.4. The number of ether oxygens (including phenoxy) is 1. The molecule has 5 nitrogen and oxygen atoms in total. The molecule has 1 aromatic carbocycles. The number of anilines is 2. The predicted molar refractivity (Wildman–Crippen MR) is 78.3 cm³/mol. The molecular weight excluding hydrogens is 254 g/mol. The van der Waals surface area contributed by atoms with Crippen LogP contribution < -0.4 is 10.6 Å². The summed E-state index contributed by atoms with van der Waals surface area (Å²) in [5.74, 6) is 0.124. The third-order valence-electron chi connectivity index (χ3n) is 3.79. The van der Waals surface area contributed by atoms with Gasteiger partial charge in [0.05, 0.1) is 19.3 Å². The van der Waals surface area contributed by atoms with E-state index in [1.165, 1.54) is 0 Å². The molecule has 1 saturated heterocycles. The SMILES string of the molecule is Nc1ccc(N2C=CCC(N3CCOCC3)C2=O)cc1. The molecule has 1 unspecified atom stereocenters. The fourth-order valence-corrected chi connectivity index (χ4v) is 2.67. The van der Waals surface area contributed by atoms with Crippen molar-refractivity contribution in [3.8, 4) is 0 Å². The number of nitrogen functional groups attached to an aromatic ring is 1. The number of hydrogen-bond donors (Lipinski definition) is 1. The molecule has 5 heteroatoms. The first-order valence-corrected chi connectivity index (χ1v) is 6.93. The Balaban J connectivity index is 1.79. The van der Waals surface area contributed by atoms with Crippen LogP contribution in [0, 0.1) is 0 Å². The van der Waals surface area contributed by atoms with Crippen LogP contribution in [0.5, 0.6) is 0 Å². The molecule has 1 atom stereocenters. The second-order valence-corrected chi connectivity index (χ2v) is 5.08. The Kier molecular flexibility index (Phi) is 3.71. The third-order valence-corrected chi connectivity index (χ3v) is 3.79. The van der Waals surface area contributed by atoms with E-state index in [0.717, 1.165) is 25.2 Å². The number of benzene rings is 1. The molecule has 106 valence electrons. The Morgan fingerprint density at radius 2 is 1.85 bits per heavy atom. The van der Waals surface area contributed by atoms with Crippen molar-refractivity contribution in [2.75, 3.05) is 36.9 Å². The molecule has 0 aromatic heterocycles. The van der Waals surface area contributed by atoms with Crippen LogP contribution in [0.3, 0.4) is 0 Å². The second kappa shape index (κ2) is 5.64. The van der Waals surface area contributed by atoms with Gasteiger partial charge in [-0.05, 0) is 30.7 Å². The van der Waals surface area contributed by atoms with Crippen LogP contribution in [0.2, 0.25) is 0 Å². The summed E-state index contributed by atoms with van der Waals surface area (Å²) >= 11 is 0. The van der Waals surface area contributed by atoms with Gasteiger partial charge in [0.2, 0.25) is 5.91 Å². The quantitative estimate of drug-likeness (QED) is 0.823. The molecule has 1 amide bonds. The minimum atomic E-state index is -0.0820. The third kappa shape index (κ3) is 2.55. The smallest absolute Gasteiger partial charge is 0.248 e. The Morgan fingerprint density at radius 3 is 2.55 bits per heavy atom. The summed E-state index contributed by atoms with van der Waals surface area (Å²) in [7, 11) is 0. The first kappa shape index (κ1) is 13.1. The maximum absolute atomic E-state index is 12.7. The van der Waals surface area contributed by atoms with Crippen molar-refractivity contribution in [1.29, 1.82) is 0 Å². The van der Waals surface area contributed by atoms with E-state index in [2.05, 4.69) is 11.0 Å². The van der Waals surface area contributed by atoms with Gasteiger partial charge >= 0.3 is 0 Å². The molecule has 0 aliphatic carbocycles. The molecule has 0 saturated carbocycles. The zero-order chi connectivity index (χ0) is 13.9. The van der Waals surface area contributed by atoms with Crippen molar-refractivity contribution in [2.45, 2.75) is 12.5 Å². The lowest BCUT2D eigenvalue weighted by atomic mass is 10.1. The molecule has 2 N–H and O–H groups in total. The number of rotatable bonds is 2. The first-order valence-electron chi connectivity index (χ1n) is 6.93. The Hall–Kier alpha value is -1.85. The minimum absolute atomic E-state index is 0.0820. The maximum Gasteiger partial charge on any atom is 0.248 e. The number of nitrogens with two attached hydrogens (primary N) is 1. The van der Waals surface area contributed by atoms with Crippen LogP contribution in [0.1, 0.15) is 6.42 Å². The van der Waals surface area contributed by atoms with Crippen LogP contribution in [0.4, 0.5) is 11.4 Å². The van der Waals surface area contributed by atoms with Gasteiger partial charge in [0.25, 0.3) is 0 Å². The lowest BCUT2D eigenvalue weighted by Crippen LogP contribution is -2.52. The van der Waals surface area contributed by atoms with E-state index in [9.17, 15) is 4.79 Å². The second-order valence-electron chi connectivity index (χ2n) is 5.08. The van der Waals surface area contributed by atoms with Crippen molar-refractivity contribution in [1.82, 2.24) is 4.90 Å². The van der Waals surface area contributed by atoms with E-state index in [4.69, 9.17) is 10.5 Å². The van der Waals surface area contributed by atoms with Crippen LogP contribution in [0.25, 0.3) is 0 Å². The van der Waals surface area contributed by atoms with Crippen LogP contribution >= 0.6 is 0 Å². The topological polar surface area (TPSA) is 58.8 Å². The summed E-state index contributed by atoms with van der Waals surface area (Å²) in [6.07, 6.45) is 4.67. The predicted octanol–water partition coefficient (Wildman–Crippen LogP) is 1.22. The number of morpholine rings is 1. The molecule has 0 radical (unpaired) electrons. The van der Waals surface area contributed by atoms with Gasteiger partial charge < -0.3 is 10.5 Å². The summed E-state index contributed by atoms with van der Waals surface area (Å²) in [6, 6.07) is 7.30. The monoisotopic (exact) mass is 273 g/mol. The van der Waals surface area contributed by atoms with Gasteiger partial charge in [0.15, 0.2) is 0 Å². The highest BCUT2D eigenvalue weighted by atomic mass is 16.5. The number of hydrogen-bond acceptors (Lipinski definition) is 4. The van der Waals surface area contributed by atoms with Gasteiger partial charge in [-0.15, -0.1) is 0 Å². The fraction of sp³-hybridized carbons (Fsp3) is 0.400. The van der Waals surface area contributed by atoms with Crippen LogP contribution in [-0.2, 0) is 9.53 Å². The van der Waals surface area contributed by atoms with Gasteiger partial charge in [0, 0.05) is 30.7 Å². The van der Waals surface area contributed by atoms with Crippen LogP contribution in [-0.4, -0.2) is 43.2 Å². The van der Waals surface area contributed by atoms with E-state index in [-0.39, 0.29) is 11.9 Å². The molecule has 0 bridgehead atoms. The van der Waals surface area contributed by atoms with Gasteiger partial charge in [0.1, 0.15) is 0 Å². The maximum atomic E-state index is 12.7. The van der Waals surface area contributed by atoms with Crippen molar-refractivity contribution in [2.24, 2.45) is 0 Å². The number of amides is 1. The number of carbonyl (C=O) groups excluding carboxylic acids is 1. The normalized spacial score (nSPS) is 24.1. The molecule has 1 aromatic rings. The van der Waals surface area contributed by atoms with E-state index < -0.39 is 0 Å². The summed E-state index contributed by atoms with van der Waals surface area (Å²) in [6.45, 7) is 3.05. The Labute approximate surface area is 118 Å². The zero-order valence-corrected chi connectivity index (χ0v) is 11.4. The highest BCUT2D eigenvalue weighted by Gasteiger charge is 2.32. The standard InChI is InChI=1S/C15H19N3O2/c16-12-3-5-13(6-4-12)18-7-1-2-14(15(18)19)17-8-10-20-11-9-17/h1,3-7,14H,2,8-11,16H2. The summed E-state index contributed by atoms with van der Waals surface area (Å²) in [5.41, 5.74) is 7.25. The highest BCUT2D eigenvalue weighted by Crippen LogP contribution is 2.23. The van der Waals surface area contributed by atoms with E-state index >= 15 is 0 Å². The Bertz CT molecular complexity index is 506. The van der Waals surface area contributed by atoms with E-state index in [0.29, 0.717) is 18.9 Å². The molecule has 3 rings (SSSR count). The minimum Gasteiger partial charge on any atom is -0.399 e. The number of carbonyl (C=O) groups is 1. The molecular formula is C15H19N3O2. The molecule has 20 heavy (non-hydrogen) atoms. The summed E-state index contributed by atoms with van der Waals surface area (Å²) < 4.78 is 5.35. The lowest BCUT2D eigenvalue weighted by molar-refractivity contribution is -0.125. The molecule has 1 fully saturated rings. The largest absolute Gasteiger partial charge is 0.399 e. The lowest BCUT2D eigenvalue weighted by Gasteiger charge is -2.37. The molecule has 2 aliphatic heterocycles. The Morgan fingerprint density at radius 1 is 1.15 bits per heavy atom. The molecule has 2 heterocycles. The highest BCUT2D eigenvalue weighted by molar-refractivity contribution is 6.00. The van der Waals surface area contributed by atoms with E-state index in [1.807, 2.05) is 30.5 Å². The van der Waals surface area contributed by atoms with E-state index in [1.54, 1.807) is 4.90 Å². The van der Waals surface area contributed by atoms with Crippen LogP contribution in [0.15, 0.2) is 36.5 Å². The van der Waals surface area contributed by atoms with Crippen molar-refractivity contribution in [3.05, 3.63) is 36.5 Å². The number of nitrogens with zero attached hydrogens (tertiary/aromatic N) is 2. The summed E-state index contributed by atoms with van der Waals surface area (Å²) in [4.78, 5) is 16.6. The molecule has 2 aliphatic rings. The average Bonchev–Trinajstić information content (AvgIpc) is 2.49.